The Labute approximate surface area is 134 Å². The van der Waals surface area contributed by atoms with Crippen LogP contribution in [0.25, 0.3) is 12.2 Å². The van der Waals surface area contributed by atoms with Gasteiger partial charge in [-0.3, -0.25) is 4.79 Å². The molecule has 0 bridgehead atoms. The molecule has 1 heterocycles. The van der Waals surface area contributed by atoms with Crippen LogP contribution in [0, 0.1) is 0 Å². The lowest BCUT2D eigenvalue weighted by Gasteiger charge is -2.06. The molecule has 2 N–H and O–H groups in total. The summed E-state index contributed by atoms with van der Waals surface area (Å²) in [7, 11) is 0. The Morgan fingerprint density at radius 3 is 2.50 bits per heavy atom. The molecule has 0 unspecified atom stereocenters. The van der Waals surface area contributed by atoms with Crippen molar-refractivity contribution in [3.05, 3.63) is 51.7 Å². The number of carbonyl (C=O) groups is 1. The molecule has 0 fully saturated rings. The predicted octanol–water partition coefficient (Wildman–Crippen LogP) is 2.69. The second kappa shape index (κ2) is 9.15. The number of hydrogen-bond acceptors (Lipinski definition) is 5. The zero-order valence-electron chi connectivity index (χ0n) is 12.2. The average molecular weight is 317 g/mol. The number of rotatable bonds is 9. The van der Waals surface area contributed by atoms with Crippen molar-refractivity contribution in [1.82, 2.24) is 5.32 Å². The standard InChI is InChI=1S/C17H19NO3S/c19-11-9-18-10-12-21-15-4-1-14(2-5-15)3-6-16-7-8-17(13-20)22-16/h1-8,13,18-19H,9-12H2/b6-3+. The molecule has 0 saturated heterocycles. The van der Waals surface area contributed by atoms with Crippen molar-refractivity contribution in [2.24, 2.45) is 0 Å². The zero-order chi connectivity index (χ0) is 15.6. The van der Waals surface area contributed by atoms with Crippen molar-refractivity contribution < 1.29 is 14.6 Å². The third-order valence-electron chi connectivity index (χ3n) is 2.92. The molecule has 5 heteroatoms. The van der Waals surface area contributed by atoms with Gasteiger partial charge in [0.2, 0.25) is 0 Å². The molecule has 1 aromatic carbocycles. The van der Waals surface area contributed by atoms with E-state index in [1.807, 2.05) is 48.6 Å². The largest absolute Gasteiger partial charge is 0.492 e. The van der Waals surface area contributed by atoms with Gasteiger partial charge in [-0.2, -0.15) is 0 Å². The molecule has 0 aliphatic rings. The molecule has 4 nitrogen and oxygen atoms in total. The SMILES string of the molecule is O=Cc1ccc(/C=C/c2ccc(OCCNCCO)cc2)s1. The predicted molar refractivity (Wildman–Crippen MR) is 90.5 cm³/mol. The maximum absolute atomic E-state index is 10.6. The van der Waals surface area contributed by atoms with Crippen LogP contribution in [0.2, 0.25) is 0 Å². The smallest absolute Gasteiger partial charge is 0.160 e. The number of nitrogens with one attached hydrogen (secondary N) is 1. The summed E-state index contributed by atoms with van der Waals surface area (Å²) in [5.41, 5.74) is 1.08. The van der Waals surface area contributed by atoms with Crippen LogP contribution in [-0.4, -0.2) is 37.7 Å². The van der Waals surface area contributed by atoms with Crippen LogP contribution in [0.5, 0.6) is 5.75 Å². The van der Waals surface area contributed by atoms with Gasteiger partial charge in [0.25, 0.3) is 0 Å². The maximum atomic E-state index is 10.6. The van der Waals surface area contributed by atoms with Crippen LogP contribution in [-0.2, 0) is 0 Å². The van der Waals surface area contributed by atoms with Gasteiger partial charge in [-0.15, -0.1) is 11.3 Å². The van der Waals surface area contributed by atoms with Crippen LogP contribution in [0.4, 0.5) is 0 Å². The minimum absolute atomic E-state index is 0.139. The normalized spacial score (nSPS) is 11.0. The fourth-order valence-electron chi connectivity index (χ4n) is 1.82. The highest BCUT2D eigenvalue weighted by atomic mass is 32.1. The quantitative estimate of drug-likeness (QED) is 0.551. The highest BCUT2D eigenvalue weighted by Gasteiger charge is 1.96. The second-order valence-electron chi connectivity index (χ2n) is 4.58. The van der Waals surface area contributed by atoms with E-state index in [0.29, 0.717) is 19.7 Å². The van der Waals surface area contributed by atoms with Crippen molar-refractivity contribution in [3.8, 4) is 5.75 Å². The summed E-state index contributed by atoms with van der Waals surface area (Å²) in [6.07, 6.45) is 4.86. The van der Waals surface area contributed by atoms with Gasteiger partial charge in [0.15, 0.2) is 6.29 Å². The summed E-state index contributed by atoms with van der Waals surface area (Å²) in [5, 5.41) is 11.7. The lowest BCUT2D eigenvalue weighted by molar-refractivity contribution is 0.112. The fourth-order valence-corrected chi connectivity index (χ4v) is 2.55. The molecule has 2 rings (SSSR count). The van der Waals surface area contributed by atoms with Gasteiger partial charge in [-0.05, 0) is 35.9 Å². The van der Waals surface area contributed by atoms with Crippen LogP contribution in [0.15, 0.2) is 36.4 Å². The molecule has 0 aliphatic carbocycles. The number of benzene rings is 1. The zero-order valence-corrected chi connectivity index (χ0v) is 13.0. The van der Waals surface area contributed by atoms with Crippen LogP contribution in [0.1, 0.15) is 20.1 Å². The lowest BCUT2D eigenvalue weighted by Crippen LogP contribution is -2.23. The Balaban J connectivity index is 1.82. The molecule has 0 radical (unpaired) electrons. The maximum Gasteiger partial charge on any atom is 0.160 e. The van der Waals surface area contributed by atoms with E-state index in [1.54, 1.807) is 0 Å². The van der Waals surface area contributed by atoms with Crippen LogP contribution < -0.4 is 10.1 Å². The molecular weight excluding hydrogens is 298 g/mol. The number of ether oxygens (including phenoxy) is 1. The highest BCUT2D eigenvalue weighted by Crippen LogP contribution is 2.19. The summed E-state index contributed by atoms with van der Waals surface area (Å²) in [4.78, 5) is 12.4. The molecule has 0 spiro atoms. The van der Waals surface area contributed by atoms with E-state index in [0.717, 1.165) is 27.4 Å². The first-order valence-corrected chi connectivity index (χ1v) is 7.91. The topological polar surface area (TPSA) is 58.6 Å². The van der Waals surface area contributed by atoms with Crippen molar-refractivity contribution in [1.29, 1.82) is 0 Å². The van der Waals surface area contributed by atoms with Gasteiger partial charge in [0.1, 0.15) is 12.4 Å². The van der Waals surface area contributed by atoms with Gasteiger partial charge < -0.3 is 15.2 Å². The number of aliphatic hydroxyl groups is 1. The van der Waals surface area contributed by atoms with Crippen molar-refractivity contribution in [2.45, 2.75) is 0 Å². The second-order valence-corrected chi connectivity index (χ2v) is 5.73. The first-order chi connectivity index (χ1) is 10.8. The first-order valence-electron chi connectivity index (χ1n) is 7.09. The van der Waals surface area contributed by atoms with E-state index >= 15 is 0 Å². The summed E-state index contributed by atoms with van der Waals surface area (Å²) in [5.74, 6) is 0.822. The molecule has 0 aliphatic heterocycles. The minimum Gasteiger partial charge on any atom is -0.492 e. The Morgan fingerprint density at radius 1 is 1.05 bits per heavy atom. The van der Waals surface area contributed by atoms with E-state index in [1.165, 1.54) is 11.3 Å². The number of carbonyl (C=O) groups excluding carboxylic acids is 1. The van der Waals surface area contributed by atoms with Gasteiger partial charge in [0, 0.05) is 18.0 Å². The summed E-state index contributed by atoms with van der Waals surface area (Å²) >= 11 is 1.47. The van der Waals surface area contributed by atoms with E-state index in [2.05, 4.69) is 5.32 Å². The number of aldehydes is 1. The summed E-state index contributed by atoms with van der Waals surface area (Å²) in [6.45, 7) is 2.00. The summed E-state index contributed by atoms with van der Waals surface area (Å²) in [6, 6.07) is 11.6. The van der Waals surface area contributed by atoms with Crippen LogP contribution >= 0.6 is 11.3 Å². The summed E-state index contributed by atoms with van der Waals surface area (Å²) < 4.78 is 5.58. The van der Waals surface area contributed by atoms with Crippen LogP contribution in [0.3, 0.4) is 0 Å². The third-order valence-corrected chi connectivity index (χ3v) is 3.90. The highest BCUT2D eigenvalue weighted by molar-refractivity contribution is 7.14. The minimum atomic E-state index is 0.139. The Hall–Kier alpha value is -1.95. The van der Waals surface area contributed by atoms with Gasteiger partial charge in [-0.1, -0.05) is 18.2 Å². The molecule has 22 heavy (non-hydrogen) atoms. The van der Waals surface area contributed by atoms with E-state index in [-0.39, 0.29) is 6.61 Å². The molecule has 0 amide bonds. The number of hydrogen-bond donors (Lipinski definition) is 2. The Bertz CT molecular complexity index is 605. The Morgan fingerprint density at radius 2 is 1.82 bits per heavy atom. The molecule has 116 valence electrons. The average Bonchev–Trinajstić information content (AvgIpc) is 3.02. The van der Waals surface area contributed by atoms with E-state index in [4.69, 9.17) is 9.84 Å². The monoisotopic (exact) mass is 317 g/mol. The molecule has 0 saturated carbocycles. The number of thiophene rings is 1. The van der Waals surface area contributed by atoms with Gasteiger partial charge in [0.05, 0.1) is 11.5 Å². The van der Waals surface area contributed by atoms with Crippen molar-refractivity contribution in [2.75, 3.05) is 26.3 Å². The van der Waals surface area contributed by atoms with Gasteiger partial charge in [-0.25, -0.2) is 0 Å². The fraction of sp³-hybridized carbons (Fsp3) is 0.235. The Kier molecular flexibility index (Phi) is 6.83. The number of aliphatic hydroxyl groups excluding tert-OH is 1. The van der Waals surface area contributed by atoms with Crippen molar-refractivity contribution in [3.63, 3.8) is 0 Å². The molecule has 2 aromatic rings. The van der Waals surface area contributed by atoms with Gasteiger partial charge >= 0.3 is 0 Å². The molecular formula is C17H19NO3S. The molecule has 0 atom stereocenters. The van der Waals surface area contributed by atoms with E-state index in [9.17, 15) is 4.79 Å². The lowest BCUT2D eigenvalue weighted by atomic mass is 10.2. The van der Waals surface area contributed by atoms with Crippen molar-refractivity contribution >= 4 is 29.8 Å². The first kappa shape index (κ1) is 16.4. The van der Waals surface area contributed by atoms with E-state index < -0.39 is 0 Å². The molecule has 1 aromatic heterocycles. The third kappa shape index (κ3) is 5.44.